The molecule has 0 saturated heterocycles. The van der Waals surface area contributed by atoms with Gasteiger partial charge < -0.3 is 9.88 Å². The number of nitrogens with zero attached hydrogens (tertiary/aromatic N) is 2. The van der Waals surface area contributed by atoms with E-state index >= 15 is 0 Å². The lowest BCUT2D eigenvalue weighted by Gasteiger charge is -2.24. The van der Waals surface area contributed by atoms with E-state index in [1.165, 1.54) is 44.9 Å². The summed E-state index contributed by atoms with van der Waals surface area (Å²) in [7, 11) is 0. The van der Waals surface area contributed by atoms with Crippen molar-refractivity contribution in [3.8, 4) is 0 Å². The van der Waals surface area contributed by atoms with Crippen molar-refractivity contribution >= 4 is 5.95 Å². The SMILES string of the molecule is CCCCNc1nccn1C1CCCCC1. The lowest BCUT2D eigenvalue weighted by atomic mass is 9.95. The average molecular weight is 221 g/mol. The Labute approximate surface area is 98.3 Å². The number of imidazole rings is 1. The van der Waals surface area contributed by atoms with Crippen LogP contribution in [0.15, 0.2) is 12.4 Å². The quantitative estimate of drug-likeness (QED) is 0.770. The molecule has 0 aliphatic heterocycles. The van der Waals surface area contributed by atoms with Crippen LogP contribution in [0.1, 0.15) is 57.9 Å². The lowest BCUT2D eigenvalue weighted by molar-refractivity contribution is 0.356. The van der Waals surface area contributed by atoms with Gasteiger partial charge in [0.2, 0.25) is 5.95 Å². The van der Waals surface area contributed by atoms with Crippen LogP contribution < -0.4 is 5.32 Å². The fourth-order valence-corrected chi connectivity index (χ4v) is 2.48. The summed E-state index contributed by atoms with van der Waals surface area (Å²) in [5, 5.41) is 3.44. The molecule has 1 aromatic heterocycles. The maximum Gasteiger partial charge on any atom is 0.203 e. The molecule has 0 amide bonds. The Bertz CT molecular complexity index is 300. The lowest BCUT2D eigenvalue weighted by Crippen LogP contribution is -2.16. The summed E-state index contributed by atoms with van der Waals surface area (Å²) >= 11 is 0. The molecule has 0 atom stereocenters. The summed E-state index contributed by atoms with van der Waals surface area (Å²) in [4.78, 5) is 4.42. The minimum absolute atomic E-state index is 0.681. The van der Waals surface area contributed by atoms with Crippen molar-refractivity contribution in [2.75, 3.05) is 11.9 Å². The van der Waals surface area contributed by atoms with E-state index < -0.39 is 0 Å². The number of anilines is 1. The van der Waals surface area contributed by atoms with Crippen molar-refractivity contribution in [2.24, 2.45) is 0 Å². The van der Waals surface area contributed by atoms with Crippen molar-refractivity contribution in [1.29, 1.82) is 0 Å². The van der Waals surface area contributed by atoms with Crippen LogP contribution in [-0.4, -0.2) is 16.1 Å². The van der Waals surface area contributed by atoms with Crippen molar-refractivity contribution in [3.05, 3.63) is 12.4 Å². The van der Waals surface area contributed by atoms with E-state index in [0.29, 0.717) is 6.04 Å². The number of rotatable bonds is 5. The zero-order chi connectivity index (χ0) is 11.2. The van der Waals surface area contributed by atoms with Crippen LogP contribution in [-0.2, 0) is 0 Å². The Morgan fingerprint density at radius 1 is 1.38 bits per heavy atom. The predicted octanol–water partition coefficient (Wildman–Crippen LogP) is 3.60. The van der Waals surface area contributed by atoms with Gasteiger partial charge in [-0.1, -0.05) is 32.6 Å². The van der Waals surface area contributed by atoms with Gasteiger partial charge in [-0.25, -0.2) is 4.98 Å². The summed E-state index contributed by atoms with van der Waals surface area (Å²) in [6, 6.07) is 0.681. The van der Waals surface area contributed by atoms with E-state index in [1.54, 1.807) is 0 Å². The molecule has 90 valence electrons. The van der Waals surface area contributed by atoms with Gasteiger partial charge in [0, 0.05) is 25.0 Å². The molecule has 3 nitrogen and oxygen atoms in total. The van der Waals surface area contributed by atoms with Crippen molar-refractivity contribution in [3.63, 3.8) is 0 Å². The minimum Gasteiger partial charge on any atom is -0.356 e. The van der Waals surface area contributed by atoms with Gasteiger partial charge in [0.05, 0.1) is 0 Å². The van der Waals surface area contributed by atoms with Gasteiger partial charge in [0.25, 0.3) is 0 Å². The number of unbranched alkanes of at least 4 members (excludes halogenated alkanes) is 1. The van der Waals surface area contributed by atoms with E-state index in [0.717, 1.165) is 12.5 Å². The highest BCUT2D eigenvalue weighted by Crippen LogP contribution is 2.29. The van der Waals surface area contributed by atoms with Gasteiger partial charge in [-0.05, 0) is 19.3 Å². The molecule has 1 heterocycles. The molecule has 0 radical (unpaired) electrons. The smallest absolute Gasteiger partial charge is 0.203 e. The van der Waals surface area contributed by atoms with Gasteiger partial charge >= 0.3 is 0 Å². The van der Waals surface area contributed by atoms with Crippen LogP contribution in [0.3, 0.4) is 0 Å². The van der Waals surface area contributed by atoms with Gasteiger partial charge in [0.1, 0.15) is 0 Å². The summed E-state index contributed by atoms with van der Waals surface area (Å²) in [5.41, 5.74) is 0. The molecular formula is C13H23N3. The average Bonchev–Trinajstić information content (AvgIpc) is 2.79. The highest BCUT2D eigenvalue weighted by atomic mass is 15.2. The molecule has 2 rings (SSSR count). The fraction of sp³-hybridized carbons (Fsp3) is 0.769. The second kappa shape index (κ2) is 5.92. The molecule has 0 spiro atoms. The number of hydrogen-bond donors (Lipinski definition) is 1. The third-order valence-corrected chi connectivity index (χ3v) is 3.45. The monoisotopic (exact) mass is 221 g/mol. The molecule has 1 aromatic rings. The molecule has 0 unspecified atom stereocenters. The topological polar surface area (TPSA) is 29.9 Å². The molecule has 1 N–H and O–H groups in total. The Kier molecular flexibility index (Phi) is 4.25. The van der Waals surface area contributed by atoms with Gasteiger partial charge in [-0.15, -0.1) is 0 Å². The molecule has 0 bridgehead atoms. The molecule has 1 aliphatic rings. The first-order valence-corrected chi connectivity index (χ1v) is 6.68. The summed E-state index contributed by atoms with van der Waals surface area (Å²) in [6.07, 6.45) is 13.3. The van der Waals surface area contributed by atoms with Crippen LogP contribution >= 0.6 is 0 Å². The standard InChI is InChI=1S/C13H23N3/c1-2-3-9-14-13-15-10-11-16(13)12-7-5-4-6-8-12/h10-12H,2-9H2,1H3,(H,14,15). The summed E-state index contributed by atoms with van der Waals surface area (Å²) < 4.78 is 2.34. The Hall–Kier alpha value is -0.990. The normalized spacial score (nSPS) is 17.6. The van der Waals surface area contributed by atoms with E-state index in [4.69, 9.17) is 0 Å². The first-order chi connectivity index (χ1) is 7.92. The molecule has 1 saturated carbocycles. The van der Waals surface area contributed by atoms with Crippen LogP contribution in [0, 0.1) is 0 Å². The molecule has 0 aromatic carbocycles. The second-order valence-electron chi connectivity index (χ2n) is 4.73. The van der Waals surface area contributed by atoms with Crippen LogP contribution in [0.25, 0.3) is 0 Å². The van der Waals surface area contributed by atoms with Crippen molar-refractivity contribution < 1.29 is 0 Å². The van der Waals surface area contributed by atoms with Gasteiger partial charge in [0.15, 0.2) is 0 Å². The highest BCUT2D eigenvalue weighted by Gasteiger charge is 2.17. The van der Waals surface area contributed by atoms with E-state index in [2.05, 4.69) is 28.0 Å². The number of nitrogens with one attached hydrogen (secondary N) is 1. The zero-order valence-corrected chi connectivity index (χ0v) is 10.3. The van der Waals surface area contributed by atoms with Crippen molar-refractivity contribution in [1.82, 2.24) is 9.55 Å². The Morgan fingerprint density at radius 2 is 2.19 bits per heavy atom. The highest BCUT2D eigenvalue weighted by molar-refractivity contribution is 5.26. The second-order valence-corrected chi connectivity index (χ2v) is 4.73. The largest absolute Gasteiger partial charge is 0.356 e. The molecule has 1 aliphatic carbocycles. The summed E-state index contributed by atoms with van der Waals surface area (Å²) in [6.45, 7) is 3.26. The van der Waals surface area contributed by atoms with E-state index in [9.17, 15) is 0 Å². The van der Waals surface area contributed by atoms with Crippen LogP contribution in [0.5, 0.6) is 0 Å². The van der Waals surface area contributed by atoms with E-state index in [-0.39, 0.29) is 0 Å². The first-order valence-electron chi connectivity index (χ1n) is 6.68. The van der Waals surface area contributed by atoms with Crippen LogP contribution in [0.4, 0.5) is 5.95 Å². The van der Waals surface area contributed by atoms with Gasteiger partial charge in [-0.2, -0.15) is 0 Å². The third-order valence-electron chi connectivity index (χ3n) is 3.45. The maximum absolute atomic E-state index is 4.42. The number of aromatic nitrogens is 2. The molecule has 1 fully saturated rings. The summed E-state index contributed by atoms with van der Waals surface area (Å²) in [5.74, 6) is 1.07. The zero-order valence-electron chi connectivity index (χ0n) is 10.3. The Balaban J connectivity index is 1.94. The molecule has 3 heteroatoms. The minimum atomic E-state index is 0.681. The Morgan fingerprint density at radius 3 is 2.94 bits per heavy atom. The van der Waals surface area contributed by atoms with E-state index in [1.807, 2.05) is 6.20 Å². The first kappa shape index (κ1) is 11.5. The third kappa shape index (κ3) is 2.77. The van der Waals surface area contributed by atoms with Gasteiger partial charge in [-0.3, -0.25) is 0 Å². The fourth-order valence-electron chi connectivity index (χ4n) is 2.48. The maximum atomic E-state index is 4.42. The molecular weight excluding hydrogens is 198 g/mol. The van der Waals surface area contributed by atoms with Crippen molar-refractivity contribution in [2.45, 2.75) is 57.9 Å². The molecule has 16 heavy (non-hydrogen) atoms. The predicted molar refractivity (Wildman–Crippen MR) is 67.7 cm³/mol. The number of hydrogen-bond acceptors (Lipinski definition) is 2. The van der Waals surface area contributed by atoms with Crippen LogP contribution in [0.2, 0.25) is 0 Å².